The molecule has 0 spiro atoms. The number of phenols is 1. The third-order valence-electron chi connectivity index (χ3n) is 3.30. The number of carbonyl (C=O) groups excluding carboxylic acids is 1. The zero-order valence-electron chi connectivity index (χ0n) is 11.8. The molecule has 3 aromatic carbocycles. The molecular formula is C18H15NO3. The predicted octanol–water partition coefficient (Wildman–Crippen LogP) is 4.29. The fraction of sp³-hybridized carbons (Fsp3) is 0.0556. The Morgan fingerprint density at radius 1 is 1.00 bits per heavy atom. The summed E-state index contributed by atoms with van der Waals surface area (Å²) in [5.41, 5.74) is 1.41. The van der Waals surface area contributed by atoms with Crippen molar-refractivity contribution in [1.29, 1.82) is 0 Å². The molecular weight excluding hydrogens is 278 g/mol. The molecule has 0 aliphatic rings. The number of phenolic OH excluding ortho intramolecular Hbond substituents is 1. The van der Waals surface area contributed by atoms with Crippen LogP contribution in [0.4, 0.5) is 10.5 Å². The van der Waals surface area contributed by atoms with E-state index in [4.69, 9.17) is 4.74 Å². The summed E-state index contributed by atoms with van der Waals surface area (Å²) < 4.78 is 5.15. The fourth-order valence-corrected chi connectivity index (χ4v) is 2.24. The van der Waals surface area contributed by atoms with Gasteiger partial charge in [0, 0.05) is 17.1 Å². The van der Waals surface area contributed by atoms with Gasteiger partial charge < -0.3 is 9.84 Å². The summed E-state index contributed by atoms with van der Waals surface area (Å²) in [5, 5.41) is 14.2. The Morgan fingerprint density at radius 2 is 1.73 bits per heavy atom. The second-order valence-electron chi connectivity index (χ2n) is 4.90. The number of benzene rings is 3. The summed E-state index contributed by atoms with van der Waals surface area (Å²) in [7, 11) is 0. The van der Waals surface area contributed by atoms with Crippen LogP contribution in [0, 0.1) is 0 Å². The summed E-state index contributed by atoms with van der Waals surface area (Å²) in [6, 6.07) is 20.2. The number of rotatable bonds is 3. The maximum atomic E-state index is 11.8. The van der Waals surface area contributed by atoms with Crippen molar-refractivity contribution in [3.8, 4) is 5.75 Å². The second kappa shape index (κ2) is 6.18. The van der Waals surface area contributed by atoms with E-state index in [0.29, 0.717) is 5.69 Å². The molecule has 22 heavy (non-hydrogen) atoms. The molecule has 0 unspecified atom stereocenters. The molecule has 3 rings (SSSR count). The van der Waals surface area contributed by atoms with Crippen LogP contribution in [0.5, 0.6) is 5.75 Å². The van der Waals surface area contributed by atoms with E-state index < -0.39 is 6.09 Å². The van der Waals surface area contributed by atoms with E-state index in [1.807, 2.05) is 54.6 Å². The highest BCUT2D eigenvalue weighted by Gasteiger charge is 2.07. The first kappa shape index (κ1) is 13.9. The highest BCUT2D eigenvalue weighted by atomic mass is 16.5. The van der Waals surface area contributed by atoms with E-state index in [0.717, 1.165) is 16.3 Å². The van der Waals surface area contributed by atoms with Crippen LogP contribution in [0.25, 0.3) is 10.8 Å². The van der Waals surface area contributed by atoms with Gasteiger partial charge in [-0.1, -0.05) is 54.6 Å². The molecule has 1 amide bonds. The van der Waals surface area contributed by atoms with Crippen molar-refractivity contribution < 1.29 is 14.6 Å². The van der Waals surface area contributed by atoms with Crippen molar-refractivity contribution in [1.82, 2.24) is 0 Å². The van der Waals surface area contributed by atoms with E-state index in [1.54, 1.807) is 6.07 Å². The maximum Gasteiger partial charge on any atom is 0.411 e. The van der Waals surface area contributed by atoms with Crippen LogP contribution in [0.2, 0.25) is 0 Å². The quantitative estimate of drug-likeness (QED) is 0.757. The highest BCUT2D eigenvalue weighted by molar-refractivity contribution is 5.94. The average Bonchev–Trinajstić information content (AvgIpc) is 2.54. The van der Waals surface area contributed by atoms with Gasteiger partial charge in [-0.15, -0.1) is 0 Å². The van der Waals surface area contributed by atoms with Gasteiger partial charge in [-0.25, -0.2) is 4.79 Å². The Labute approximate surface area is 128 Å². The van der Waals surface area contributed by atoms with Crippen LogP contribution in [0.1, 0.15) is 5.56 Å². The summed E-state index contributed by atoms with van der Waals surface area (Å²) in [6.07, 6.45) is -0.557. The highest BCUT2D eigenvalue weighted by Crippen LogP contribution is 2.28. The maximum absolute atomic E-state index is 11.8. The summed E-state index contributed by atoms with van der Waals surface area (Å²) in [5.74, 6) is 0.122. The molecule has 4 heteroatoms. The van der Waals surface area contributed by atoms with Crippen LogP contribution >= 0.6 is 0 Å². The fourth-order valence-electron chi connectivity index (χ4n) is 2.24. The first-order valence-corrected chi connectivity index (χ1v) is 6.92. The minimum Gasteiger partial charge on any atom is -0.507 e. The molecule has 0 fully saturated rings. The molecule has 4 nitrogen and oxygen atoms in total. The van der Waals surface area contributed by atoms with Gasteiger partial charge in [-0.2, -0.15) is 0 Å². The molecule has 0 aliphatic carbocycles. The van der Waals surface area contributed by atoms with Gasteiger partial charge in [0.1, 0.15) is 12.4 Å². The Balaban J connectivity index is 1.69. The minimum absolute atomic E-state index is 0.122. The zero-order chi connectivity index (χ0) is 15.4. The van der Waals surface area contributed by atoms with E-state index in [-0.39, 0.29) is 12.4 Å². The number of hydrogen-bond acceptors (Lipinski definition) is 3. The van der Waals surface area contributed by atoms with Gasteiger partial charge in [0.15, 0.2) is 0 Å². The number of nitrogens with one attached hydrogen (secondary N) is 1. The van der Waals surface area contributed by atoms with Gasteiger partial charge >= 0.3 is 6.09 Å². The van der Waals surface area contributed by atoms with Crippen molar-refractivity contribution in [2.24, 2.45) is 0 Å². The van der Waals surface area contributed by atoms with Crippen LogP contribution in [0.3, 0.4) is 0 Å². The van der Waals surface area contributed by atoms with Gasteiger partial charge in [-0.05, 0) is 17.0 Å². The molecule has 2 N–H and O–H groups in total. The van der Waals surface area contributed by atoms with Gasteiger partial charge in [0.25, 0.3) is 0 Å². The normalized spacial score (nSPS) is 10.4. The number of amides is 1. The van der Waals surface area contributed by atoms with Crippen molar-refractivity contribution in [2.45, 2.75) is 6.61 Å². The second-order valence-corrected chi connectivity index (χ2v) is 4.90. The van der Waals surface area contributed by atoms with Crippen LogP contribution < -0.4 is 5.32 Å². The first-order chi connectivity index (χ1) is 10.7. The summed E-state index contributed by atoms with van der Waals surface area (Å²) in [6.45, 7) is 0.201. The van der Waals surface area contributed by atoms with E-state index >= 15 is 0 Å². The molecule has 110 valence electrons. The Hall–Kier alpha value is -3.01. The lowest BCUT2D eigenvalue weighted by Gasteiger charge is -2.09. The lowest BCUT2D eigenvalue weighted by atomic mass is 10.1. The molecule has 0 heterocycles. The number of aromatic hydroxyl groups is 1. The predicted molar refractivity (Wildman–Crippen MR) is 85.9 cm³/mol. The number of anilines is 1. The monoisotopic (exact) mass is 293 g/mol. The van der Waals surface area contributed by atoms with Gasteiger partial charge in [0.05, 0.1) is 0 Å². The Morgan fingerprint density at radius 3 is 2.55 bits per heavy atom. The lowest BCUT2D eigenvalue weighted by Crippen LogP contribution is -2.13. The van der Waals surface area contributed by atoms with Crippen LogP contribution in [-0.4, -0.2) is 11.2 Å². The smallest absolute Gasteiger partial charge is 0.411 e. The third-order valence-corrected chi connectivity index (χ3v) is 3.30. The largest absolute Gasteiger partial charge is 0.507 e. The average molecular weight is 293 g/mol. The van der Waals surface area contributed by atoms with E-state index in [9.17, 15) is 9.90 Å². The number of carbonyl (C=O) groups is 1. The standard InChI is InChI=1S/C18H15NO3/c20-17-11-15(10-14-8-4-5-9-16(14)17)19-18(21)22-12-13-6-2-1-3-7-13/h1-11,20H,12H2,(H,19,21). The molecule has 0 saturated carbocycles. The number of ether oxygens (including phenoxy) is 1. The SMILES string of the molecule is O=C(Nc1cc(O)c2ccccc2c1)OCc1ccccc1. The van der Waals surface area contributed by atoms with Crippen molar-refractivity contribution in [3.63, 3.8) is 0 Å². The van der Waals surface area contributed by atoms with Crippen LogP contribution in [0.15, 0.2) is 66.7 Å². The molecule has 0 atom stereocenters. The molecule has 0 radical (unpaired) electrons. The van der Waals surface area contributed by atoms with Crippen molar-refractivity contribution >= 4 is 22.6 Å². The first-order valence-electron chi connectivity index (χ1n) is 6.92. The third kappa shape index (κ3) is 3.17. The number of hydrogen-bond donors (Lipinski definition) is 2. The van der Waals surface area contributed by atoms with Gasteiger partial charge in [0.2, 0.25) is 0 Å². The molecule has 0 saturated heterocycles. The molecule has 3 aromatic rings. The topological polar surface area (TPSA) is 58.6 Å². The van der Waals surface area contributed by atoms with Crippen molar-refractivity contribution in [3.05, 3.63) is 72.3 Å². The van der Waals surface area contributed by atoms with Crippen LogP contribution in [-0.2, 0) is 11.3 Å². The Bertz CT molecular complexity index is 800. The zero-order valence-corrected chi connectivity index (χ0v) is 11.8. The number of fused-ring (bicyclic) bond motifs is 1. The summed E-state index contributed by atoms with van der Waals surface area (Å²) in [4.78, 5) is 11.8. The van der Waals surface area contributed by atoms with Crippen molar-refractivity contribution in [2.75, 3.05) is 5.32 Å². The molecule has 0 aromatic heterocycles. The minimum atomic E-state index is -0.557. The molecule has 0 bridgehead atoms. The van der Waals surface area contributed by atoms with E-state index in [1.165, 1.54) is 6.07 Å². The molecule has 0 aliphatic heterocycles. The Kier molecular flexibility index (Phi) is 3.92. The summed E-state index contributed by atoms with van der Waals surface area (Å²) >= 11 is 0. The van der Waals surface area contributed by atoms with E-state index in [2.05, 4.69) is 5.32 Å². The van der Waals surface area contributed by atoms with Gasteiger partial charge in [-0.3, -0.25) is 5.32 Å². The lowest BCUT2D eigenvalue weighted by molar-refractivity contribution is 0.155.